The number of anilines is 1. The quantitative estimate of drug-likeness (QED) is 0.691. The zero-order valence-corrected chi connectivity index (χ0v) is 10.7. The van der Waals surface area contributed by atoms with Crippen molar-refractivity contribution in [3.05, 3.63) is 18.7 Å². The molecule has 0 saturated heterocycles. The molecule has 0 aliphatic heterocycles. The molecule has 7 nitrogen and oxygen atoms in total. The van der Waals surface area contributed by atoms with E-state index in [1.54, 1.807) is 19.6 Å². The highest BCUT2D eigenvalue weighted by atomic mass is 32.2. The molecule has 0 spiro atoms. The van der Waals surface area contributed by atoms with Gasteiger partial charge in [0.25, 0.3) is 0 Å². The van der Waals surface area contributed by atoms with Gasteiger partial charge in [-0.2, -0.15) is 4.98 Å². The topological polar surface area (TPSA) is 84.3 Å². The summed E-state index contributed by atoms with van der Waals surface area (Å²) in [4.78, 5) is 20.2. The lowest BCUT2D eigenvalue weighted by molar-refractivity contribution is 0.789. The lowest BCUT2D eigenvalue weighted by atomic mass is 10.5. The molecule has 0 saturated carbocycles. The molecule has 0 amide bonds. The zero-order valence-electron chi connectivity index (χ0n) is 9.88. The Kier molecular flexibility index (Phi) is 2.63. The molecule has 3 heterocycles. The Balaban J connectivity index is 2.10. The van der Waals surface area contributed by atoms with E-state index in [4.69, 9.17) is 0 Å². The van der Waals surface area contributed by atoms with Gasteiger partial charge in [-0.15, -0.1) is 0 Å². The summed E-state index contributed by atoms with van der Waals surface area (Å²) >= 11 is 1.47. The van der Waals surface area contributed by atoms with Crippen LogP contribution in [0.25, 0.3) is 11.2 Å². The molecule has 0 aromatic carbocycles. The van der Waals surface area contributed by atoms with Crippen molar-refractivity contribution in [2.24, 2.45) is 7.05 Å². The molecule has 0 radical (unpaired) electrons. The van der Waals surface area contributed by atoms with Gasteiger partial charge in [0.15, 0.2) is 10.8 Å². The molecule has 0 atom stereocenters. The number of fused-ring (bicyclic) bond motifs is 1. The van der Waals surface area contributed by atoms with Crippen LogP contribution in [0.5, 0.6) is 0 Å². The number of rotatable bonds is 3. The lowest BCUT2D eigenvalue weighted by Crippen LogP contribution is -1.99. The Morgan fingerprint density at radius 2 is 2.22 bits per heavy atom. The van der Waals surface area contributed by atoms with E-state index in [1.807, 2.05) is 17.8 Å². The van der Waals surface area contributed by atoms with Crippen molar-refractivity contribution in [3.63, 3.8) is 0 Å². The number of aromatic amines is 1. The number of H-pyrrole nitrogens is 1. The molecule has 3 rings (SSSR count). The highest BCUT2D eigenvalue weighted by molar-refractivity contribution is 7.99. The van der Waals surface area contributed by atoms with Crippen LogP contribution in [-0.2, 0) is 7.05 Å². The van der Waals surface area contributed by atoms with Crippen LogP contribution in [0.4, 0.5) is 5.95 Å². The predicted octanol–water partition coefficient (Wildman–Crippen LogP) is 1.28. The Morgan fingerprint density at radius 3 is 2.94 bits per heavy atom. The van der Waals surface area contributed by atoms with Crippen molar-refractivity contribution in [2.45, 2.75) is 10.2 Å². The molecule has 3 aromatic rings. The minimum Gasteiger partial charge on any atom is -0.357 e. The normalized spacial score (nSPS) is 11.0. The van der Waals surface area contributed by atoms with Crippen molar-refractivity contribution < 1.29 is 0 Å². The summed E-state index contributed by atoms with van der Waals surface area (Å²) in [5.74, 6) is 0.548. The number of imidazole rings is 2. The number of hydrogen-bond acceptors (Lipinski definition) is 6. The van der Waals surface area contributed by atoms with Crippen LogP contribution in [-0.4, -0.2) is 36.5 Å². The van der Waals surface area contributed by atoms with Crippen LogP contribution in [0, 0.1) is 0 Å². The van der Waals surface area contributed by atoms with Crippen molar-refractivity contribution >= 4 is 28.9 Å². The molecule has 0 unspecified atom stereocenters. The van der Waals surface area contributed by atoms with Gasteiger partial charge in [0, 0.05) is 26.5 Å². The number of aromatic nitrogens is 6. The SMILES string of the molecule is CNc1nc(Sc2nccn2C)c2[nH]cnc2n1. The van der Waals surface area contributed by atoms with E-state index in [9.17, 15) is 0 Å². The number of nitrogens with one attached hydrogen (secondary N) is 2. The molecule has 2 N–H and O–H groups in total. The average Bonchev–Trinajstić information content (AvgIpc) is 2.98. The molecular formula is C10H11N7S. The Morgan fingerprint density at radius 1 is 1.33 bits per heavy atom. The van der Waals surface area contributed by atoms with Gasteiger partial charge in [-0.25, -0.2) is 15.0 Å². The van der Waals surface area contributed by atoms with Crippen molar-refractivity contribution in [1.82, 2.24) is 29.5 Å². The van der Waals surface area contributed by atoms with Crippen LogP contribution in [0.15, 0.2) is 28.9 Å². The third-order valence-electron chi connectivity index (χ3n) is 2.44. The second-order valence-electron chi connectivity index (χ2n) is 3.63. The van der Waals surface area contributed by atoms with E-state index in [0.29, 0.717) is 11.6 Å². The first-order valence-electron chi connectivity index (χ1n) is 5.32. The van der Waals surface area contributed by atoms with Crippen molar-refractivity contribution in [1.29, 1.82) is 0 Å². The van der Waals surface area contributed by atoms with E-state index >= 15 is 0 Å². The zero-order chi connectivity index (χ0) is 12.5. The van der Waals surface area contributed by atoms with Gasteiger partial charge < -0.3 is 14.9 Å². The van der Waals surface area contributed by atoms with Gasteiger partial charge in [0.2, 0.25) is 5.95 Å². The molecule has 8 heteroatoms. The monoisotopic (exact) mass is 261 g/mol. The lowest BCUT2D eigenvalue weighted by Gasteiger charge is -2.04. The van der Waals surface area contributed by atoms with Crippen molar-refractivity contribution in [2.75, 3.05) is 12.4 Å². The molecule has 0 aliphatic carbocycles. The van der Waals surface area contributed by atoms with Gasteiger partial charge in [-0.1, -0.05) is 0 Å². The van der Waals surface area contributed by atoms with Gasteiger partial charge in [0.05, 0.1) is 6.33 Å². The first-order chi connectivity index (χ1) is 8.78. The molecule has 0 fully saturated rings. The van der Waals surface area contributed by atoms with E-state index in [2.05, 4.69) is 30.2 Å². The maximum atomic E-state index is 4.42. The maximum absolute atomic E-state index is 4.42. The highest BCUT2D eigenvalue weighted by Gasteiger charge is 2.12. The Labute approximate surface area is 107 Å². The van der Waals surface area contributed by atoms with Crippen molar-refractivity contribution in [3.8, 4) is 0 Å². The maximum Gasteiger partial charge on any atom is 0.225 e. The second kappa shape index (κ2) is 4.30. The van der Waals surface area contributed by atoms with Gasteiger partial charge in [0.1, 0.15) is 10.5 Å². The molecule has 0 aliphatic rings. The minimum absolute atomic E-state index is 0.548. The third kappa shape index (κ3) is 1.80. The second-order valence-corrected chi connectivity index (χ2v) is 4.58. The fraction of sp³-hybridized carbons (Fsp3) is 0.200. The molecule has 18 heavy (non-hydrogen) atoms. The van der Waals surface area contributed by atoms with Crippen LogP contribution < -0.4 is 5.32 Å². The Hall–Kier alpha value is -2.09. The average molecular weight is 261 g/mol. The number of hydrogen-bond donors (Lipinski definition) is 2. The van der Waals surface area contributed by atoms with E-state index in [1.165, 1.54) is 11.8 Å². The summed E-state index contributed by atoms with van der Waals surface area (Å²) in [5, 5.41) is 4.60. The van der Waals surface area contributed by atoms with Crippen LogP contribution >= 0.6 is 11.8 Å². The summed E-state index contributed by atoms with van der Waals surface area (Å²) in [7, 11) is 3.72. The summed E-state index contributed by atoms with van der Waals surface area (Å²) in [5.41, 5.74) is 1.47. The first-order valence-corrected chi connectivity index (χ1v) is 6.13. The van der Waals surface area contributed by atoms with Crippen LogP contribution in [0.3, 0.4) is 0 Å². The largest absolute Gasteiger partial charge is 0.357 e. The predicted molar refractivity (Wildman–Crippen MR) is 68.6 cm³/mol. The summed E-state index contributed by atoms with van der Waals surface area (Å²) in [6, 6.07) is 0. The van der Waals surface area contributed by atoms with Crippen LogP contribution in [0.2, 0.25) is 0 Å². The molecule has 3 aromatic heterocycles. The van der Waals surface area contributed by atoms with E-state index in [0.717, 1.165) is 15.7 Å². The Bertz CT molecular complexity index is 686. The fourth-order valence-electron chi connectivity index (χ4n) is 1.53. The van der Waals surface area contributed by atoms with Gasteiger partial charge >= 0.3 is 0 Å². The smallest absolute Gasteiger partial charge is 0.225 e. The molecule has 0 bridgehead atoms. The third-order valence-corrected chi connectivity index (χ3v) is 3.51. The van der Waals surface area contributed by atoms with E-state index < -0.39 is 0 Å². The first kappa shape index (κ1) is 11.0. The fourth-order valence-corrected chi connectivity index (χ4v) is 2.40. The van der Waals surface area contributed by atoms with E-state index in [-0.39, 0.29) is 0 Å². The van der Waals surface area contributed by atoms with Gasteiger partial charge in [-0.3, -0.25) is 0 Å². The summed E-state index contributed by atoms with van der Waals surface area (Å²) < 4.78 is 1.94. The summed E-state index contributed by atoms with van der Waals surface area (Å²) in [6.45, 7) is 0. The standard InChI is InChI=1S/C10H11N7S/c1-11-9-15-7-6(13-5-14-7)8(16-9)18-10-12-3-4-17(10)2/h3-5H,1-2H3,(H2,11,13,14,15,16). The molecule has 92 valence electrons. The minimum atomic E-state index is 0.548. The summed E-state index contributed by atoms with van der Waals surface area (Å²) in [6.07, 6.45) is 5.26. The van der Waals surface area contributed by atoms with Crippen LogP contribution in [0.1, 0.15) is 0 Å². The highest BCUT2D eigenvalue weighted by Crippen LogP contribution is 2.29. The molecular weight excluding hydrogens is 250 g/mol. The number of nitrogens with zero attached hydrogens (tertiary/aromatic N) is 5. The number of aryl methyl sites for hydroxylation is 1. The van der Waals surface area contributed by atoms with Gasteiger partial charge in [-0.05, 0) is 11.8 Å².